The van der Waals surface area contributed by atoms with E-state index < -0.39 is 0 Å². The minimum absolute atomic E-state index is 0.266. The van der Waals surface area contributed by atoms with Gasteiger partial charge < -0.3 is 4.74 Å². The molecule has 0 atom stereocenters. The summed E-state index contributed by atoms with van der Waals surface area (Å²) in [7, 11) is 0. The van der Waals surface area contributed by atoms with Crippen molar-refractivity contribution in [3.63, 3.8) is 0 Å². The molecule has 13 heavy (non-hydrogen) atoms. The van der Waals surface area contributed by atoms with Crippen molar-refractivity contribution < 1.29 is 4.74 Å². The standard InChI is InChI=1S/C10H16N2O/c1-3-5-12-10(8-11)6-9(7-10)13-4-2/h3,9,12H,1,4-7H2,2H3. The summed E-state index contributed by atoms with van der Waals surface area (Å²) < 4.78 is 5.40. The van der Waals surface area contributed by atoms with Gasteiger partial charge in [0.25, 0.3) is 0 Å². The number of hydrogen-bond acceptors (Lipinski definition) is 3. The summed E-state index contributed by atoms with van der Waals surface area (Å²) in [5.41, 5.74) is -0.353. The third kappa shape index (κ3) is 2.30. The van der Waals surface area contributed by atoms with Crippen LogP contribution in [0.5, 0.6) is 0 Å². The van der Waals surface area contributed by atoms with Gasteiger partial charge in [0.2, 0.25) is 0 Å². The zero-order chi connectivity index (χ0) is 9.73. The maximum Gasteiger partial charge on any atom is 0.111 e. The smallest absolute Gasteiger partial charge is 0.111 e. The predicted octanol–water partition coefficient (Wildman–Crippen LogP) is 1.22. The Hall–Kier alpha value is -0.850. The van der Waals surface area contributed by atoms with Crippen LogP contribution in [0.4, 0.5) is 0 Å². The maximum atomic E-state index is 8.95. The molecule has 1 fully saturated rings. The molecule has 0 aromatic rings. The SMILES string of the molecule is C=CCNC1(C#N)CC(OCC)C1. The molecule has 0 aromatic carbocycles. The zero-order valence-electron chi connectivity index (χ0n) is 8.05. The van der Waals surface area contributed by atoms with Gasteiger partial charge in [-0.25, -0.2) is 0 Å². The molecule has 3 nitrogen and oxygen atoms in total. The molecule has 1 N–H and O–H groups in total. The lowest BCUT2D eigenvalue weighted by Crippen LogP contribution is -2.57. The van der Waals surface area contributed by atoms with Crippen molar-refractivity contribution in [2.75, 3.05) is 13.2 Å². The van der Waals surface area contributed by atoms with Gasteiger partial charge in [-0.2, -0.15) is 5.26 Å². The van der Waals surface area contributed by atoms with Crippen LogP contribution >= 0.6 is 0 Å². The highest BCUT2D eigenvalue weighted by atomic mass is 16.5. The lowest BCUT2D eigenvalue weighted by molar-refractivity contribution is -0.0303. The number of hydrogen-bond donors (Lipinski definition) is 1. The molecule has 1 aliphatic rings. The average molecular weight is 180 g/mol. The molecular formula is C10H16N2O. The Morgan fingerprint density at radius 2 is 2.46 bits per heavy atom. The molecule has 0 unspecified atom stereocenters. The van der Waals surface area contributed by atoms with Gasteiger partial charge in [0, 0.05) is 26.0 Å². The largest absolute Gasteiger partial charge is 0.378 e. The maximum absolute atomic E-state index is 8.95. The summed E-state index contributed by atoms with van der Waals surface area (Å²) >= 11 is 0. The van der Waals surface area contributed by atoms with E-state index in [1.807, 2.05) is 6.92 Å². The molecule has 1 rings (SSSR count). The quantitative estimate of drug-likeness (QED) is 0.647. The molecule has 72 valence electrons. The van der Waals surface area contributed by atoms with Crippen LogP contribution in [0.15, 0.2) is 12.7 Å². The van der Waals surface area contributed by atoms with Crippen molar-refractivity contribution >= 4 is 0 Å². The van der Waals surface area contributed by atoms with Crippen molar-refractivity contribution in [3.8, 4) is 6.07 Å². The molecular weight excluding hydrogens is 164 g/mol. The van der Waals surface area contributed by atoms with Crippen molar-refractivity contribution in [3.05, 3.63) is 12.7 Å². The summed E-state index contributed by atoms with van der Waals surface area (Å²) in [6.45, 7) is 7.00. The first-order valence-electron chi connectivity index (χ1n) is 4.65. The topological polar surface area (TPSA) is 45.0 Å². The van der Waals surface area contributed by atoms with Crippen molar-refractivity contribution in [2.45, 2.75) is 31.4 Å². The van der Waals surface area contributed by atoms with E-state index in [-0.39, 0.29) is 11.6 Å². The monoisotopic (exact) mass is 180 g/mol. The zero-order valence-corrected chi connectivity index (χ0v) is 8.05. The number of nitriles is 1. The number of nitrogens with one attached hydrogen (secondary N) is 1. The van der Waals surface area contributed by atoms with Crippen LogP contribution in [0.1, 0.15) is 19.8 Å². The Morgan fingerprint density at radius 1 is 1.77 bits per heavy atom. The van der Waals surface area contributed by atoms with Crippen LogP contribution in [0, 0.1) is 11.3 Å². The molecule has 0 saturated heterocycles. The molecule has 0 spiro atoms. The van der Waals surface area contributed by atoms with Gasteiger partial charge in [-0.15, -0.1) is 6.58 Å². The molecule has 0 aromatic heterocycles. The summed E-state index contributed by atoms with van der Waals surface area (Å²) in [5.74, 6) is 0. The summed E-state index contributed by atoms with van der Waals surface area (Å²) in [5, 5.41) is 12.1. The van der Waals surface area contributed by atoms with Crippen LogP contribution in [-0.4, -0.2) is 24.8 Å². The summed E-state index contributed by atoms with van der Waals surface area (Å²) in [6.07, 6.45) is 3.63. The minimum Gasteiger partial charge on any atom is -0.378 e. The number of ether oxygens (including phenoxy) is 1. The average Bonchev–Trinajstić information content (AvgIpc) is 2.09. The third-order valence-corrected chi connectivity index (χ3v) is 2.35. The van der Waals surface area contributed by atoms with Crippen LogP contribution in [0.25, 0.3) is 0 Å². The highest BCUT2D eigenvalue weighted by Gasteiger charge is 2.44. The van der Waals surface area contributed by atoms with Gasteiger partial charge in [0.15, 0.2) is 0 Å². The molecule has 0 aliphatic heterocycles. The summed E-state index contributed by atoms with van der Waals surface area (Å²) in [6, 6.07) is 2.30. The van der Waals surface area contributed by atoms with Crippen LogP contribution in [-0.2, 0) is 4.74 Å². The fraction of sp³-hybridized carbons (Fsp3) is 0.700. The minimum atomic E-state index is -0.353. The number of nitrogens with zero attached hydrogens (tertiary/aromatic N) is 1. The number of rotatable bonds is 5. The lowest BCUT2D eigenvalue weighted by atomic mass is 9.75. The van der Waals surface area contributed by atoms with Crippen molar-refractivity contribution in [1.82, 2.24) is 5.32 Å². The Labute approximate surface area is 79.4 Å². The van der Waals surface area contributed by atoms with Gasteiger partial charge >= 0.3 is 0 Å². The van der Waals surface area contributed by atoms with E-state index in [4.69, 9.17) is 10.00 Å². The van der Waals surface area contributed by atoms with Gasteiger partial charge in [-0.1, -0.05) is 6.08 Å². The van der Waals surface area contributed by atoms with E-state index in [1.165, 1.54) is 0 Å². The van der Waals surface area contributed by atoms with E-state index in [9.17, 15) is 0 Å². The Balaban J connectivity index is 2.32. The van der Waals surface area contributed by atoms with E-state index >= 15 is 0 Å². The van der Waals surface area contributed by atoms with Gasteiger partial charge in [0.1, 0.15) is 5.54 Å². The highest BCUT2D eigenvalue weighted by molar-refractivity contribution is 5.16. The Kier molecular flexibility index (Phi) is 3.47. The van der Waals surface area contributed by atoms with E-state index in [0.29, 0.717) is 6.54 Å². The first kappa shape index (κ1) is 10.2. The normalized spacial score (nSPS) is 31.8. The van der Waals surface area contributed by atoms with Crippen LogP contribution in [0.3, 0.4) is 0 Å². The molecule has 1 aliphatic carbocycles. The first-order valence-corrected chi connectivity index (χ1v) is 4.65. The summed E-state index contributed by atoms with van der Waals surface area (Å²) in [4.78, 5) is 0. The predicted molar refractivity (Wildman–Crippen MR) is 51.2 cm³/mol. The van der Waals surface area contributed by atoms with Crippen molar-refractivity contribution in [2.24, 2.45) is 0 Å². The Bertz CT molecular complexity index is 213. The molecule has 3 heteroatoms. The van der Waals surface area contributed by atoms with Crippen molar-refractivity contribution in [1.29, 1.82) is 5.26 Å². The fourth-order valence-electron chi connectivity index (χ4n) is 1.61. The first-order chi connectivity index (χ1) is 6.26. The molecule has 0 radical (unpaired) electrons. The van der Waals surface area contributed by atoms with Gasteiger partial charge in [0.05, 0.1) is 12.2 Å². The third-order valence-electron chi connectivity index (χ3n) is 2.35. The van der Waals surface area contributed by atoms with Crippen LogP contribution < -0.4 is 5.32 Å². The Morgan fingerprint density at radius 3 is 2.92 bits per heavy atom. The van der Waals surface area contributed by atoms with Crippen LogP contribution in [0.2, 0.25) is 0 Å². The highest BCUT2D eigenvalue weighted by Crippen LogP contribution is 2.33. The van der Waals surface area contributed by atoms with Gasteiger partial charge in [-0.05, 0) is 6.92 Å². The second kappa shape index (κ2) is 4.40. The molecule has 1 saturated carbocycles. The second-order valence-corrected chi connectivity index (χ2v) is 3.35. The fourth-order valence-corrected chi connectivity index (χ4v) is 1.61. The van der Waals surface area contributed by atoms with E-state index in [0.717, 1.165) is 19.4 Å². The molecule has 0 bridgehead atoms. The second-order valence-electron chi connectivity index (χ2n) is 3.35. The van der Waals surface area contributed by atoms with Gasteiger partial charge in [-0.3, -0.25) is 5.32 Å². The van der Waals surface area contributed by atoms with E-state index in [1.54, 1.807) is 6.08 Å². The van der Waals surface area contributed by atoms with E-state index in [2.05, 4.69) is 18.0 Å². The molecule has 0 heterocycles. The lowest BCUT2D eigenvalue weighted by Gasteiger charge is -2.42. The molecule has 0 amide bonds.